The second-order valence-electron chi connectivity index (χ2n) is 15.4. The number of nitrogens with zero attached hydrogens (tertiary/aromatic N) is 5. The molecule has 0 radical (unpaired) electrons. The average Bonchev–Trinajstić information content (AvgIpc) is 4.03. The largest absolute Gasteiger partial charge is 0.483 e. The molecule has 0 fully saturated rings. The third kappa shape index (κ3) is 4.22. The molecule has 58 heavy (non-hydrogen) atoms. The highest BCUT2D eigenvalue weighted by Gasteiger charge is 2.44. The van der Waals surface area contributed by atoms with Crippen LogP contribution in [0.2, 0.25) is 0 Å². The van der Waals surface area contributed by atoms with Crippen LogP contribution in [-0.2, 0) is 0 Å². The van der Waals surface area contributed by atoms with Crippen LogP contribution in [0.15, 0.2) is 176 Å². The van der Waals surface area contributed by atoms with Gasteiger partial charge >= 0.3 is 0 Å². The number of ether oxygens (including phenoxy) is 1. The number of hydrogen-bond acceptors (Lipinski definition) is 3. The van der Waals surface area contributed by atoms with E-state index in [0.717, 1.165) is 61.7 Å². The summed E-state index contributed by atoms with van der Waals surface area (Å²) >= 11 is 0. The molecule has 2 aliphatic heterocycles. The van der Waals surface area contributed by atoms with Gasteiger partial charge in [-0.15, -0.1) is 0 Å². The van der Waals surface area contributed by atoms with E-state index in [1.165, 1.54) is 43.7 Å². The van der Waals surface area contributed by atoms with Gasteiger partial charge in [0, 0.05) is 49.6 Å². The Hall–Kier alpha value is -7.88. The fourth-order valence-corrected chi connectivity index (χ4v) is 9.91. The summed E-state index contributed by atoms with van der Waals surface area (Å²) in [5, 5.41) is 14.7. The van der Waals surface area contributed by atoms with Gasteiger partial charge in [-0.2, -0.15) is 5.26 Å². The van der Waals surface area contributed by atoms with E-state index in [0.29, 0.717) is 5.56 Å². The van der Waals surface area contributed by atoms with Crippen LogP contribution in [-0.4, -0.2) is 18.7 Å². The Labute approximate surface area is 332 Å². The molecule has 2 atom stereocenters. The van der Waals surface area contributed by atoms with Crippen molar-refractivity contribution in [2.45, 2.75) is 12.1 Å². The molecule has 6 heteroatoms. The molecule has 0 saturated heterocycles. The van der Waals surface area contributed by atoms with Crippen molar-refractivity contribution in [3.8, 4) is 45.7 Å². The second-order valence-corrected chi connectivity index (χ2v) is 15.4. The van der Waals surface area contributed by atoms with E-state index in [1.807, 2.05) is 18.2 Å². The Morgan fingerprint density at radius 2 is 1.12 bits per heavy atom. The number of fused-ring (bicyclic) bond motifs is 16. The molecule has 0 bridgehead atoms. The van der Waals surface area contributed by atoms with Gasteiger partial charge in [0.2, 0.25) is 0 Å². The second kappa shape index (κ2) is 11.6. The third-order valence-corrected chi connectivity index (χ3v) is 12.4. The Kier molecular flexibility index (Phi) is 6.25. The number of nitriles is 1. The van der Waals surface area contributed by atoms with Gasteiger partial charge in [-0.05, 0) is 96.1 Å². The third-order valence-electron chi connectivity index (χ3n) is 12.4. The molecule has 0 spiro atoms. The summed E-state index contributed by atoms with van der Waals surface area (Å²) in [7, 11) is 0. The molecule has 3 aromatic heterocycles. The molecule has 0 N–H and O–H groups in total. The first-order valence-corrected chi connectivity index (χ1v) is 19.7. The smallest absolute Gasteiger partial charge is 0.149 e. The lowest BCUT2D eigenvalue weighted by Crippen LogP contribution is -2.23. The van der Waals surface area contributed by atoms with Gasteiger partial charge in [0.1, 0.15) is 23.7 Å². The molecule has 5 heterocycles. The van der Waals surface area contributed by atoms with Gasteiger partial charge in [0.15, 0.2) is 0 Å². The first-order valence-electron chi connectivity index (χ1n) is 19.7. The number of imidazole rings is 1. The SMILES string of the molecule is N#Cc1ccc2c(c1)C1C(O2)c2ccccc2-c2nc3cc(-n4c5ccccc5c5cc(-c6ccc7c(c6)c6ccccc6n7-c6ccccc6)ccc54)ccc3n21. The predicted molar refractivity (Wildman–Crippen MR) is 232 cm³/mol. The van der Waals surface area contributed by atoms with E-state index in [1.54, 1.807) is 0 Å². The van der Waals surface area contributed by atoms with Gasteiger partial charge in [0.05, 0.1) is 44.7 Å². The number of benzene rings is 8. The Bertz CT molecular complexity index is 3580. The van der Waals surface area contributed by atoms with Crippen molar-refractivity contribution < 1.29 is 4.74 Å². The summed E-state index contributed by atoms with van der Waals surface area (Å²) in [5.41, 5.74) is 15.0. The predicted octanol–water partition coefficient (Wildman–Crippen LogP) is 12.5. The van der Waals surface area contributed by atoms with Crippen molar-refractivity contribution in [3.05, 3.63) is 193 Å². The van der Waals surface area contributed by atoms with Crippen LogP contribution in [0, 0.1) is 11.3 Å². The Morgan fingerprint density at radius 1 is 0.500 bits per heavy atom. The summed E-state index contributed by atoms with van der Waals surface area (Å²) in [4.78, 5) is 5.35. The lowest BCUT2D eigenvalue weighted by Gasteiger charge is -2.30. The van der Waals surface area contributed by atoms with Crippen molar-refractivity contribution in [3.63, 3.8) is 0 Å². The molecular formula is C52H31N5O. The van der Waals surface area contributed by atoms with E-state index >= 15 is 0 Å². The number of aromatic nitrogens is 4. The number of hydrogen-bond donors (Lipinski definition) is 0. The average molecular weight is 742 g/mol. The van der Waals surface area contributed by atoms with Crippen molar-refractivity contribution in [2.24, 2.45) is 0 Å². The van der Waals surface area contributed by atoms with Crippen LogP contribution in [0.25, 0.3) is 88.5 Å². The van der Waals surface area contributed by atoms with Crippen LogP contribution in [0.4, 0.5) is 0 Å². The first kappa shape index (κ1) is 31.3. The highest BCUT2D eigenvalue weighted by Crippen LogP contribution is 2.54. The zero-order valence-corrected chi connectivity index (χ0v) is 31.0. The number of para-hydroxylation sites is 3. The van der Waals surface area contributed by atoms with Gasteiger partial charge in [0.25, 0.3) is 0 Å². The van der Waals surface area contributed by atoms with Crippen LogP contribution >= 0.6 is 0 Å². The lowest BCUT2D eigenvalue weighted by molar-refractivity contribution is 0.195. The lowest BCUT2D eigenvalue weighted by atomic mass is 9.90. The van der Waals surface area contributed by atoms with Crippen molar-refractivity contribution in [1.29, 1.82) is 5.26 Å². The van der Waals surface area contributed by atoms with Crippen LogP contribution < -0.4 is 4.74 Å². The van der Waals surface area contributed by atoms with E-state index < -0.39 is 0 Å². The van der Waals surface area contributed by atoms with Crippen LogP contribution in [0.5, 0.6) is 5.75 Å². The summed E-state index contributed by atoms with van der Waals surface area (Å²) in [6.07, 6.45) is -0.209. The summed E-state index contributed by atoms with van der Waals surface area (Å²) in [6, 6.07) is 64.7. The van der Waals surface area contributed by atoms with Crippen molar-refractivity contribution in [2.75, 3.05) is 0 Å². The van der Waals surface area contributed by atoms with Gasteiger partial charge in [-0.1, -0.05) is 91.0 Å². The fourth-order valence-electron chi connectivity index (χ4n) is 9.91. The molecule has 11 aromatic rings. The zero-order chi connectivity index (χ0) is 38.1. The van der Waals surface area contributed by atoms with Crippen LogP contribution in [0.3, 0.4) is 0 Å². The molecule has 2 unspecified atom stereocenters. The van der Waals surface area contributed by atoms with Crippen LogP contribution in [0.1, 0.15) is 28.8 Å². The minimum Gasteiger partial charge on any atom is -0.483 e. The first-order chi connectivity index (χ1) is 28.7. The molecule has 0 saturated carbocycles. The summed E-state index contributed by atoms with van der Waals surface area (Å²) in [6.45, 7) is 0. The normalized spacial score (nSPS) is 15.4. The number of rotatable bonds is 3. The molecule has 270 valence electrons. The molecule has 13 rings (SSSR count). The van der Waals surface area contributed by atoms with E-state index in [4.69, 9.17) is 9.72 Å². The molecule has 0 amide bonds. The highest BCUT2D eigenvalue weighted by molar-refractivity contribution is 6.13. The molecule has 2 aliphatic rings. The van der Waals surface area contributed by atoms with Gasteiger partial charge < -0.3 is 18.4 Å². The molecule has 8 aromatic carbocycles. The Balaban J connectivity index is 0.971. The molecule has 6 nitrogen and oxygen atoms in total. The zero-order valence-electron chi connectivity index (χ0n) is 31.0. The summed E-state index contributed by atoms with van der Waals surface area (Å²) in [5.74, 6) is 1.73. The quantitative estimate of drug-likeness (QED) is 0.181. The van der Waals surface area contributed by atoms with Crippen molar-refractivity contribution in [1.82, 2.24) is 18.7 Å². The maximum atomic E-state index is 9.79. The van der Waals surface area contributed by atoms with Crippen molar-refractivity contribution >= 4 is 54.6 Å². The topological polar surface area (TPSA) is 60.7 Å². The monoisotopic (exact) mass is 741 g/mol. The summed E-state index contributed by atoms with van der Waals surface area (Å²) < 4.78 is 13.7. The minimum atomic E-state index is -0.209. The van der Waals surface area contributed by atoms with Gasteiger partial charge in [-0.25, -0.2) is 4.98 Å². The van der Waals surface area contributed by atoms with E-state index in [9.17, 15) is 5.26 Å². The molecular weight excluding hydrogens is 711 g/mol. The molecule has 0 aliphatic carbocycles. The van der Waals surface area contributed by atoms with E-state index in [-0.39, 0.29) is 12.1 Å². The van der Waals surface area contributed by atoms with Gasteiger partial charge in [-0.3, -0.25) is 0 Å². The Morgan fingerprint density at radius 3 is 1.84 bits per heavy atom. The maximum Gasteiger partial charge on any atom is 0.149 e. The van der Waals surface area contributed by atoms with E-state index in [2.05, 4.69) is 177 Å². The highest BCUT2D eigenvalue weighted by atomic mass is 16.5. The fraction of sp³-hybridized carbons (Fsp3) is 0.0385. The maximum absolute atomic E-state index is 9.79. The standard InChI is InChI=1S/C52H31N5O/c53-30-31-18-25-49-42(26-31)50-51(58-49)38-14-4-5-15-39(38)52-54-43-29-35(21-24-48(43)57(50)52)56-45-17-9-7-13-37(45)41-28-33(20-23-47(41)56)32-19-22-46-40(27-32)36-12-6-8-16-44(36)55(46)34-10-2-1-3-11-34/h1-29,50-51H. The minimum absolute atomic E-state index is 0.134.